The topological polar surface area (TPSA) is 41.5 Å². The van der Waals surface area contributed by atoms with Crippen LogP contribution in [-0.2, 0) is 4.74 Å². The van der Waals surface area contributed by atoms with Crippen LogP contribution in [-0.4, -0.2) is 36.5 Å². The van der Waals surface area contributed by atoms with Crippen LogP contribution in [0.3, 0.4) is 0 Å². The number of aliphatic hydroxyl groups is 1. The monoisotopic (exact) mass is 229 g/mol. The summed E-state index contributed by atoms with van der Waals surface area (Å²) in [5, 5.41) is 13.8. The van der Waals surface area contributed by atoms with Crippen molar-refractivity contribution < 1.29 is 9.84 Å². The summed E-state index contributed by atoms with van der Waals surface area (Å²) < 4.78 is 5.35. The Morgan fingerprint density at radius 1 is 1.56 bits per heavy atom. The molecule has 1 aliphatic carbocycles. The highest BCUT2D eigenvalue weighted by molar-refractivity contribution is 4.87. The molecule has 0 spiro atoms. The molecule has 16 heavy (non-hydrogen) atoms. The Labute approximate surface area is 99.6 Å². The van der Waals surface area contributed by atoms with Gasteiger partial charge < -0.3 is 15.2 Å². The minimum Gasteiger partial charge on any atom is -0.389 e. The zero-order chi connectivity index (χ0) is 12.0. The van der Waals surface area contributed by atoms with Crippen molar-refractivity contribution in [3.05, 3.63) is 0 Å². The van der Waals surface area contributed by atoms with E-state index in [1.165, 1.54) is 6.42 Å². The van der Waals surface area contributed by atoms with Crippen LogP contribution in [0.25, 0.3) is 0 Å². The normalized spacial score (nSPS) is 32.6. The highest BCUT2D eigenvalue weighted by Gasteiger charge is 2.32. The van der Waals surface area contributed by atoms with Crippen LogP contribution in [0.4, 0.5) is 0 Å². The highest BCUT2D eigenvalue weighted by atomic mass is 16.5. The van der Waals surface area contributed by atoms with E-state index in [-0.39, 0.29) is 0 Å². The molecule has 3 heteroatoms. The molecule has 0 aromatic heterocycles. The summed E-state index contributed by atoms with van der Waals surface area (Å²) in [6.45, 7) is 8.52. The Bertz CT molecular complexity index is 198. The minimum atomic E-state index is -0.488. The first-order chi connectivity index (χ1) is 7.56. The van der Waals surface area contributed by atoms with Gasteiger partial charge in [-0.1, -0.05) is 19.8 Å². The fourth-order valence-corrected chi connectivity index (χ4v) is 2.51. The van der Waals surface area contributed by atoms with Gasteiger partial charge in [-0.3, -0.25) is 0 Å². The van der Waals surface area contributed by atoms with E-state index in [0.29, 0.717) is 18.5 Å². The van der Waals surface area contributed by atoms with Crippen molar-refractivity contribution in [2.24, 2.45) is 5.92 Å². The van der Waals surface area contributed by atoms with E-state index in [1.54, 1.807) is 0 Å². The van der Waals surface area contributed by atoms with Gasteiger partial charge in [0.05, 0.1) is 12.2 Å². The summed E-state index contributed by atoms with van der Waals surface area (Å²) in [5.41, 5.74) is -0.488. The van der Waals surface area contributed by atoms with Crippen LogP contribution in [0.15, 0.2) is 0 Å². The van der Waals surface area contributed by atoms with Gasteiger partial charge in [-0.05, 0) is 32.6 Å². The minimum absolute atomic E-state index is 0.321. The van der Waals surface area contributed by atoms with E-state index in [2.05, 4.69) is 19.2 Å². The smallest absolute Gasteiger partial charge is 0.0774 e. The van der Waals surface area contributed by atoms with E-state index in [9.17, 15) is 5.11 Å². The van der Waals surface area contributed by atoms with Gasteiger partial charge in [0.15, 0.2) is 0 Å². The van der Waals surface area contributed by atoms with Gasteiger partial charge in [0.25, 0.3) is 0 Å². The van der Waals surface area contributed by atoms with Crippen molar-refractivity contribution in [2.75, 3.05) is 19.8 Å². The molecule has 0 aromatic carbocycles. The lowest BCUT2D eigenvalue weighted by Crippen LogP contribution is -2.47. The first-order valence-corrected chi connectivity index (χ1v) is 6.59. The van der Waals surface area contributed by atoms with Gasteiger partial charge in [0, 0.05) is 19.2 Å². The maximum absolute atomic E-state index is 10.4. The molecule has 0 radical (unpaired) electrons. The maximum atomic E-state index is 10.4. The van der Waals surface area contributed by atoms with Crippen LogP contribution < -0.4 is 5.32 Å². The van der Waals surface area contributed by atoms with E-state index >= 15 is 0 Å². The molecule has 1 aliphatic rings. The second-order valence-electron chi connectivity index (χ2n) is 5.37. The largest absolute Gasteiger partial charge is 0.389 e. The van der Waals surface area contributed by atoms with Crippen LogP contribution in [0.2, 0.25) is 0 Å². The zero-order valence-corrected chi connectivity index (χ0v) is 11.0. The number of nitrogens with one attached hydrogen (secondary N) is 1. The molecule has 1 rings (SSSR count). The molecule has 0 aliphatic heterocycles. The fourth-order valence-electron chi connectivity index (χ4n) is 2.51. The summed E-state index contributed by atoms with van der Waals surface area (Å²) in [5.74, 6) is 0.655. The van der Waals surface area contributed by atoms with Crippen molar-refractivity contribution in [2.45, 2.75) is 58.1 Å². The van der Waals surface area contributed by atoms with Gasteiger partial charge in [0.1, 0.15) is 0 Å². The predicted molar refractivity (Wildman–Crippen MR) is 66.5 cm³/mol. The predicted octanol–water partition coefficient (Wildman–Crippen LogP) is 1.94. The van der Waals surface area contributed by atoms with Crippen LogP contribution in [0.5, 0.6) is 0 Å². The van der Waals surface area contributed by atoms with E-state index in [0.717, 1.165) is 32.5 Å². The van der Waals surface area contributed by atoms with Gasteiger partial charge in [-0.15, -0.1) is 0 Å². The van der Waals surface area contributed by atoms with Crippen LogP contribution >= 0.6 is 0 Å². The van der Waals surface area contributed by atoms with E-state index in [1.807, 2.05) is 6.92 Å². The molecule has 0 saturated heterocycles. The number of hydrogen-bond donors (Lipinski definition) is 2. The Kier molecular flexibility index (Phi) is 5.73. The zero-order valence-electron chi connectivity index (χ0n) is 11.0. The van der Waals surface area contributed by atoms with Gasteiger partial charge in [-0.25, -0.2) is 0 Å². The lowest BCUT2D eigenvalue weighted by atomic mass is 9.79. The molecular weight excluding hydrogens is 202 g/mol. The molecule has 96 valence electrons. The second-order valence-corrected chi connectivity index (χ2v) is 5.37. The van der Waals surface area contributed by atoms with Crippen molar-refractivity contribution in [1.29, 1.82) is 0 Å². The van der Waals surface area contributed by atoms with Crippen LogP contribution in [0.1, 0.15) is 46.5 Å². The van der Waals surface area contributed by atoms with Crippen molar-refractivity contribution in [1.82, 2.24) is 5.32 Å². The molecule has 0 bridgehead atoms. The first-order valence-electron chi connectivity index (χ1n) is 6.59. The molecule has 3 nitrogen and oxygen atoms in total. The molecule has 3 unspecified atom stereocenters. The Morgan fingerprint density at radius 2 is 2.31 bits per heavy atom. The second kappa shape index (κ2) is 6.58. The Balaban J connectivity index is 2.24. The molecular formula is C13H27NO2. The maximum Gasteiger partial charge on any atom is 0.0774 e. The standard InChI is InChI=1S/C13H27NO2/c1-4-16-9-12(3)14-10-13(15)7-5-6-11(2)8-13/h11-12,14-15H,4-10H2,1-3H3. The fraction of sp³-hybridized carbons (Fsp3) is 1.00. The summed E-state index contributed by atoms with van der Waals surface area (Å²) in [4.78, 5) is 0. The lowest BCUT2D eigenvalue weighted by Gasteiger charge is -2.36. The first kappa shape index (κ1) is 13.9. The molecule has 1 fully saturated rings. The molecule has 1 saturated carbocycles. The summed E-state index contributed by atoms with van der Waals surface area (Å²) in [7, 11) is 0. The van der Waals surface area contributed by atoms with Gasteiger partial charge in [0.2, 0.25) is 0 Å². The summed E-state index contributed by atoms with van der Waals surface area (Å²) >= 11 is 0. The van der Waals surface area contributed by atoms with Crippen molar-refractivity contribution in [3.63, 3.8) is 0 Å². The Hall–Kier alpha value is -0.120. The van der Waals surface area contributed by atoms with Gasteiger partial charge >= 0.3 is 0 Å². The number of hydrogen-bond acceptors (Lipinski definition) is 3. The third-order valence-corrected chi connectivity index (χ3v) is 3.42. The molecule has 0 aromatic rings. The number of rotatable bonds is 6. The third kappa shape index (κ3) is 4.81. The van der Waals surface area contributed by atoms with Gasteiger partial charge in [-0.2, -0.15) is 0 Å². The van der Waals surface area contributed by atoms with E-state index < -0.39 is 5.60 Å². The van der Waals surface area contributed by atoms with Crippen molar-refractivity contribution in [3.8, 4) is 0 Å². The Morgan fingerprint density at radius 3 is 2.94 bits per heavy atom. The summed E-state index contributed by atoms with van der Waals surface area (Å²) in [6.07, 6.45) is 4.28. The quantitative estimate of drug-likeness (QED) is 0.731. The molecule has 0 heterocycles. The average molecular weight is 229 g/mol. The van der Waals surface area contributed by atoms with E-state index in [4.69, 9.17) is 4.74 Å². The highest BCUT2D eigenvalue weighted by Crippen LogP contribution is 2.31. The summed E-state index contributed by atoms with van der Waals surface area (Å²) in [6, 6.07) is 0.321. The molecule has 0 amide bonds. The SMILES string of the molecule is CCOCC(C)NCC1(O)CCCC(C)C1. The number of ether oxygens (including phenoxy) is 1. The lowest BCUT2D eigenvalue weighted by molar-refractivity contribution is -0.0156. The average Bonchev–Trinajstić information content (AvgIpc) is 2.23. The molecule has 3 atom stereocenters. The third-order valence-electron chi connectivity index (χ3n) is 3.42. The molecule has 2 N–H and O–H groups in total. The van der Waals surface area contributed by atoms with Crippen LogP contribution in [0, 0.1) is 5.92 Å². The van der Waals surface area contributed by atoms with Crippen molar-refractivity contribution >= 4 is 0 Å².